The van der Waals surface area contributed by atoms with E-state index in [0.717, 1.165) is 38.1 Å². The Labute approximate surface area is 177 Å². The Kier molecular flexibility index (Phi) is 5.69. The normalized spacial score (nSPS) is 11.1. The summed E-state index contributed by atoms with van der Waals surface area (Å²) in [5.74, 6) is 2.14. The highest BCUT2D eigenvalue weighted by Gasteiger charge is 2.14. The summed E-state index contributed by atoms with van der Waals surface area (Å²) in [4.78, 5) is 24.0. The van der Waals surface area contributed by atoms with Gasteiger partial charge in [0.25, 0.3) is 5.91 Å². The van der Waals surface area contributed by atoms with Gasteiger partial charge in [0.2, 0.25) is 0 Å². The summed E-state index contributed by atoms with van der Waals surface area (Å²) >= 11 is 3.40. The summed E-state index contributed by atoms with van der Waals surface area (Å²) in [6, 6.07) is 11.4. The van der Waals surface area contributed by atoms with Gasteiger partial charge in [-0.05, 0) is 56.2 Å². The summed E-state index contributed by atoms with van der Waals surface area (Å²) in [7, 11) is 0. The van der Waals surface area contributed by atoms with Crippen molar-refractivity contribution < 1.29 is 9.21 Å². The molecule has 0 unspecified atom stereocenters. The monoisotopic (exact) mass is 423 g/mol. The van der Waals surface area contributed by atoms with Crippen LogP contribution in [0.5, 0.6) is 0 Å². The lowest BCUT2D eigenvalue weighted by Gasteiger charge is -2.08. The number of aryl methyl sites for hydroxylation is 3. The molecule has 0 bridgehead atoms. The number of nitrogens with one attached hydrogen (secondary N) is 1. The van der Waals surface area contributed by atoms with Crippen molar-refractivity contribution in [3.63, 3.8) is 0 Å². The molecule has 4 rings (SSSR count). The molecule has 5 nitrogen and oxygen atoms in total. The minimum atomic E-state index is -0.113. The number of thiophene rings is 1. The van der Waals surface area contributed by atoms with E-state index in [9.17, 15) is 4.79 Å². The van der Waals surface area contributed by atoms with Crippen molar-refractivity contribution in [2.75, 3.05) is 0 Å². The minimum Gasteiger partial charge on any atom is -0.467 e. The van der Waals surface area contributed by atoms with Gasteiger partial charge in [0, 0.05) is 21.6 Å². The molecule has 4 aromatic rings. The summed E-state index contributed by atoms with van der Waals surface area (Å²) in [5.41, 5.74) is 2.97. The van der Waals surface area contributed by atoms with Crippen LogP contribution in [0.15, 0.2) is 52.1 Å². The molecule has 1 aromatic carbocycles. The van der Waals surface area contributed by atoms with Crippen LogP contribution in [0, 0.1) is 20.8 Å². The zero-order chi connectivity index (χ0) is 20.4. The SMILES string of the molecule is Cc1nc(SCc2cccc(C(=O)NCc3ccco3)c2)c2c(C)c(C)sc2n1. The molecule has 148 valence electrons. The summed E-state index contributed by atoms with van der Waals surface area (Å²) in [5, 5.41) is 5.04. The number of hydrogen-bond acceptors (Lipinski definition) is 6. The Morgan fingerprint density at radius 2 is 2.03 bits per heavy atom. The lowest BCUT2D eigenvalue weighted by Crippen LogP contribution is -2.22. The van der Waals surface area contributed by atoms with Crippen LogP contribution in [0.4, 0.5) is 0 Å². The molecule has 1 N–H and O–H groups in total. The number of furan rings is 1. The van der Waals surface area contributed by atoms with Gasteiger partial charge < -0.3 is 9.73 Å². The van der Waals surface area contributed by atoms with Crippen molar-refractivity contribution in [1.82, 2.24) is 15.3 Å². The van der Waals surface area contributed by atoms with Crippen molar-refractivity contribution in [2.45, 2.75) is 38.1 Å². The van der Waals surface area contributed by atoms with Crippen LogP contribution in [0.3, 0.4) is 0 Å². The fourth-order valence-electron chi connectivity index (χ4n) is 3.06. The van der Waals surface area contributed by atoms with Crippen molar-refractivity contribution in [3.05, 3.63) is 75.8 Å². The highest BCUT2D eigenvalue weighted by molar-refractivity contribution is 7.98. The van der Waals surface area contributed by atoms with Crippen LogP contribution in [0.25, 0.3) is 10.2 Å². The minimum absolute atomic E-state index is 0.113. The Balaban J connectivity index is 1.49. The molecule has 3 aromatic heterocycles. The maximum absolute atomic E-state index is 12.5. The third-order valence-electron chi connectivity index (χ3n) is 4.68. The van der Waals surface area contributed by atoms with Crippen LogP contribution in [0.1, 0.15) is 37.9 Å². The molecule has 0 saturated carbocycles. The number of aromatic nitrogens is 2. The van der Waals surface area contributed by atoms with Gasteiger partial charge in [-0.25, -0.2) is 9.97 Å². The first-order valence-electron chi connectivity index (χ1n) is 9.28. The van der Waals surface area contributed by atoms with E-state index in [1.807, 2.05) is 43.3 Å². The first kappa shape index (κ1) is 19.7. The Morgan fingerprint density at radius 1 is 1.17 bits per heavy atom. The molecule has 1 amide bonds. The van der Waals surface area contributed by atoms with Gasteiger partial charge in [-0.2, -0.15) is 0 Å². The second-order valence-corrected chi connectivity index (χ2v) is 8.96. The van der Waals surface area contributed by atoms with Crippen molar-refractivity contribution in [3.8, 4) is 0 Å². The van der Waals surface area contributed by atoms with Crippen LogP contribution >= 0.6 is 23.1 Å². The van der Waals surface area contributed by atoms with E-state index >= 15 is 0 Å². The summed E-state index contributed by atoms with van der Waals surface area (Å²) in [6.07, 6.45) is 1.60. The highest BCUT2D eigenvalue weighted by Crippen LogP contribution is 2.36. The predicted octanol–water partition coefficient (Wildman–Crippen LogP) is 5.43. The number of carbonyl (C=O) groups excluding carboxylic acids is 1. The molecule has 0 aliphatic carbocycles. The molecule has 0 aliphatic rings. The molecule has 0 saturated heterocycles. The third kappa shape index (κ3) is 4.36. The van der Waals surface area contributed by atoms with Crippen molar-refractivity contribution >= 4 is 39.2 Å². The van der Waals surface area contributed by atoms with Crippen LogP contribution in [-0.2, 0) is 12.3 Å². The number of thioether (sulfide) groups is 1. The molecule has 0 spiro atoms. The van der Waals surface area contributed by atoms with Crippen LogP contribution in [0.2, 0.25) is 0 Å². The van der Waals surface area contributed by atoms with E-state index in [-0.39, 0.29) is 5.91 Å². The van der Waals surface area contributed by atoms with E-state index in [4.69, 9.17) is 4.42 Å². The molecular formula is C22H21N3O2S2. The first-order valence-corrected chi connectivity index (χ1v) is 11.1. The van der Waals surface area contributed by atoms with Gasteiger partial charge in [0.1, 0.15) is 21.4 Å². The van der Waals surface area contributed by atoms with Crippen molar-refractivity contribution in [2.24, 2.45) is 0 Å². The number of nitrogens with zero attached hydrogens (tertiary/aromatic N) is 2. The Morgan fingerprint density at radius 3 is 2.83 bits per heavy atom. The number of carbonyl (C=O) groups is 1. The van der Waals surface area contributed by atoms with Gasteiger partial charge >= 0.3 is 0 Å². The quantitative estimate of drug-likeness (QED) is 0.331. The Bertz CT molecular complexity index is 1170. The fourth-order valence-corrected chi connectivity index (χ4v) is 5.27. The maximum Gasteiger partial charge on any atom is 0.251 e. The fraction of sp³-hybridized carbons (Fsp3) is 0.227. The molecule has 7 heteroatoms. The topological polar surface area (TPSA) is 68.0 Å². The average Bonchev–Trinajstić information content (AvgIpc) is 3.32. The number of hydrogen-bond donors (Lipinski definition) is 1. The molecule has 0 radical (unpaired) electrons. The largest absolute Gasteiger partial charge is 0.467 e. The lowest BCUT2D eigenvalue weighted by molar-refractivity contribution is 0.0948. The van der Waals surface area contributed by atoms with Gasteiger partial charge in [-0.15, -0.1) is 23.1 Å². The predicted molar refractivity (Wildman–Crippen MR) is 118 cm³/mol. The zero-order valence-corrected chi connectivity index (χ0v) is 18.1. The number of amides is 1. The molecule has 3 heterocycles. The Hall–Kier alpha value is -2.64. The molecule has 0 fully saturated rings. The second kappa shape index (κ2) is 8.39. The van der Waals surface area contributed by atoms with Crippen molar-refractivity contribution in [1.29, 1.82) is 0 Å². The lowest BCUT2D eigenvalue weighted by atomic mass is 10.1. The second-order valence-electron chi connectivity index (χ2n) is 6.79. The van der Waals surface area contributed by atoms with Gasteiger partial charge in [-0.1, -0.05) is 12.1 Å². The van der Waals surface area contributed by atoms with E-state index in [0.29, 0.717) is 12.1 Å². The number of benzene rings is 1. The molecule has 0 aliphatic heterocycles. The van der Waals surface area contributed by atoms with Gasteiger partial charge in [-0.3, -0.25) is 4.79 Å². The van der Waals surface area contributed by atoms with Gasteiger partial charge in [0.15, 0.2) is 0 Å². The molecule has 29 heavy (non-hydrogen) atoms. The smallest absolute Gasteiger partial charge is 0.251 e. The van der Waals surface area contributed by atoms with E-state index in [1.54, 1.807) is 29.4 Å². The van der Waals surface area contributed by atoms with Crippen LogP contribution in [-0.4, -0.2) is 15.9 Å². The van der Waals surface area contributed by atoms with E-state index in [1.165, 1.54) is 10.4 Å². The van der Waals surface area contributed by atoms with Crippen LogP contribution < -0.4 is 5.32 Å². The maximum atomic E-state index is 12.5. The summed E-state index contributed by atoms with van der Waals surface area (Å²) < 4.78 is 5.26. The zero-order valence-electron chi connectivity index (χ0n) is 16.5. The van der Waals surface area contributed by atoms with E-state index < -0.39 is 0 Å². The number of fused-ring (bicyclic) bond motifs is 1. The van der Waals surface area contributed by atoms with Gasteiger partial charge in [0.05, 0.1) is 12.8 Å². The average molecular weight is 424 g/mol. The highest BCUT2D eigenvalue weighted by atomic mass is 32.2. The molecular weight excluding hydrogens is 402 g/mol. The first-order chi connectivity index (χ1) is 14.0. The molecule has 0 atom stereocenters. The third-order valence-corrected chi connectivity index (χ3v) is 6.82. The number of rotatable bonds is 6. The standard InChI is InChI=1S/C22H21N3O2S2/c1-13-14(2)29-22-19(13)21(24-15(3)25-22)28-12-16-6-4-7-17(10-16)20(26)23-11-18-8-5-9-27-18/h4-10H,11-12H2,1-3H3,(H,23,26). The summed E-state index contributed by atoms with van der Waals surface area (Å²) in [6.45, 7) is 6.55. The van der Waals surface area contributed by atoms with E-state index in [2.05, 4.69) is 29.1 Å².